The molecule has 6 aromatic rings. The van der Waals surface area contributed by atoms with Gasteiger partial charge < -0.3 is 14.2 Å². The second kappa shape index (κ2) is 18.7. The number of benzene rings is 6. The summed E-state index contributed by atoms with van der Waals surface area (Å²) >= 11 is 0. The molecular weight excluding hydrogens is 1020 g/mol. The number of methoxy groups -OCH3 is 1. The maximum atomic E-state index is 15.4. The molecule has 0 amide bonds. The van der Waals surface area contributed by atoms with Gasteiger partial charge in [-0.25, -0.2) is 43.2 Å². The Morgan fingerprint density at radius 1 is 0.464 bits per heavy atom. The van der Waals surface area contributed by atoms with E-state index < -0.39 is 146 Å². The molecule has 0 saturated carbocycles. The molecule has 6 aromatic carbocycles. The largest absolute Gasteiger partial charge is 0.495 e. The Hall–Kier alpha value is -6.12. The van der Waals surface area contributed by atoms with Crippen LogP contribution in [-0.4, -0.2) is 52.4 Å². The lowest BCUT2D eigenvalue weighted by Crippen LogP contribution is -2.10. The first-order valence-corrected chi connectivity index (χ1v) is 25.2. The van der Waals surface area contributed by atoms with Crippen LogP contribution in [0.5, 0.6) is 28.7 Å². The zero-order chi connectivity index (χ0) is 51.6. The van der Waals surface area contributed by atoms with E-state index in [1.165, 1.54) is 27.7 Å². The molecule has 1 N–H and O–H groups in total. The van der Waals surface area contributed by atoms with Gasteiger partial charge in [-0.3, -0.25) is 8.74 Å². The highest BCUT2D eigenvalue weighted by molar-refractivity contribution is 7.92. The Bertz CT molecular complexity index is 3520. The van der Waals surface area contributed by atoms with Gasteiger partial charge in [-0.2, -0.15) is 25.6 Å². The maximum Gasteiger partial charge on any atom is 0.300 e. The van der Waals surface area contributed by atoms with E-state index in [4.69, 9.17) is 14.2 Å². The molecule has 0 fully saturated rings. The summed E-state index contributed by atoms with van der Waals surface area (Å²) in [5.41, 5.74) is -5.96. The topological polar surface area (TPSA) is 194 Å². The summed E-state index contributed by atoms with van der Waals surface area (Å²) in [6.07, 6.45) is 0. The monoisotopic (exact) mass is 1050 g/mol. The number of ether oxygens (including phenoxy) is 3. The van der Waals surface area contributed by atoms with E-state index in [2.05, 4.69) is 4.18 Å². The molecule has 6 rings (SSSR count). The summed E-state index contributed by atoms with van der Waals surface area (Å²) in [5, 5.41) is 0. The predicted octanol–water partition coefficient (Wildman–Crippen LogP) is 9.99. The molecular formula is C44H34F8O13S4. The van der Waals surface area contributed by atoms with Crippen LogP contribution in [0, 0.1) is 81.2 Å². The fourth-order valence-electron chi connectivity index (χ4n) is 7.06. The van der Waals surface area contributed by atoms with Crippen LogP contribution in [0.3, 0.4) is 0 Å². The molecule has 69 heavy (non-hydrogen) atoms. The fourth-order valence-corrected chi connectivity index (χ4v) is 11.5. The van der Waals surface area contributed by atoms with Crippen LogP contribution < -0.4 is 14.2 Å². The lowest BCUT2D eigenvalue weighted by molar-refractivity contribution is 0.364. The van der Waals surface area contributed by atoms with Gasteiger partial charge in [0, 0.05) is 11.1 Å². The van der Waals surface area contributed by atoms with Gasteiger partial charge >= 0.3 is 0 Å². The number of rotatable bonds is 14. The van der Waals surface area contributed by atoms with E-state index in [1.54, 1.807) is 0 Å². The highest BCUT2D eigenvalue weighted by Gasteiger charge is 2.35. The van der Waals surface area contributed by atoms with Gasteiger partial charge in [0.1, 0.15) is 33.6 Å². The summed E-state index contributed by atoms with van der Waals surface area (Å²) < 4.78 is 255. The Morgan fingerprint density at radius 2 is 0.855 bits per heavy atom. The van der Waals surface area contributed by atoms with Crippen molar-refractivity contribution >= 4 is 39.9 Å². The smallest absolute Gasteiger partial charge is 0.300 e. The van der Waals surface area contributed by atoms with E-state index >= 15 is 17.6 Å². The van der Waals surface area contributed by atoms with Crippen molar-refractivity contribution in [3.8, 4) is 39.9 Å². The molecule has 0 atom stereocenters. The summed E-state index contributed by atoms with van der Waals surface area (Å²) in [7, 11) is -16.6. The van der Waals surface area contributed by atoms with Gasteiger partial charge in [0.15, 0.2) is 34.9 Å². The number of hydrogen-bond acceptors (Lipinski definition) is 12. The lowest BCUT2D eigenvalue weighted by Gasteiger charge is -2.19. The molecule has 0 unspecified atom stereocenters. The average molecular weight is 1050 g/mol. The second-order valence-electron chi connectivity index (χ2n) is 15.1. The Labute approximate surface area is 389 Å². The molecule has 0 saturated heterocycles. The molecule has 0 aliphatic rings. The van der Waals surface area contributed by atoms with Crippen molar-refractivity contribution in [1.82, 2.24) is 0 Å². The molecule has 0 aromatic heterocycles. The van der Waals surface area contributed by atoms with Crippen LogP contribution in [0.1, 0.15) is 33.4 Å². The third-order valence-corrected chi connectivity index (χ3v) is 15.9. The number of hydrogen-bond donors (Lipinski definition) is 1. The van der Waals surface area contributed by atoms with Crippen LogP contribution in [0.25, 0.3) is 11.1 Å². The minimum Gasteiger partial charge on any atom is -0.495 e. The molecule has 0 radical (unpaired) electrons. The SMILES string of the molecule is COc1ccc(S(=O)(=O)c2ccc(Oc3c(C)cc(S(=O)(=O)c4cc(C)c(Oc5c(F)c(F)c(-c6c(F)c(F)c(C)c(F)c6F)c(F)c5F)c(C)c4)cc3C)c(CS(=O)(=O)O)c2)cc1S(=O)(=O)OC. The van der Waals surface area contributed by atoms with Crippen molar-refractivity contribution in [2.45, 2.75) is 64.8 Å². The summed E-state index contributed by atoms with van der Waals surface area (Å²) in [5.74, 6) is -22.7. The van der Waals surface area contributed by atoms with Crippen LogP contribution >= 0.6 is 0 Å². The van der Waals surface area contributed by atoms with E-state index in [0.717, 1.165) is 74.9 Å². The molecule has 0 spiro atoms. The number of aryl methyl sites for hydroxylation is 4. The zero-order valence-corrected chi connectivity index (χ0v) is 39.7. The van der Waals surface area contributed by atoms with Gasteiger partial charge in [0.2, 0.25) is 37.1 Å². The van der Waals surface area contributed by atoms with Gasteiger partial charge in [0.25, 0.3) is 20.2 Å². The van der Waals surface area contributed by atoms with Crippen LogP contribution in [0.2, 0.25) is 0 Å². The Kier molecular flexibility index (Phi) is 14.1. The fraction of sp³-hybridized carbons (Fsp3) is 0.182. The third-order valence-electron chi connectivity index (χ3n) is 10.5. The van der Waals surface area contributed by atoms with Crippen molar-refractivity contribution in [2.75, 3.05) is 14.2 Å². The summed E-state index contributed by atoms with van der Waals surface area (Å²) in [6.45, 7) is 5.77. The third kappa shape index (κ3) is 9.62. The minimum atomic E-state index is -4.88. The molecule has 25 heteroatoms. The first-order valence-electron chi connectivity index (χ1n) is 19.2. The highest BCUT2D eigenvalue weighted by atomic mass is 32.2. The summed E-state index contributed by atoms with van der Waals surface area (Å²) in [4.78, 5) is -2.59. The van der Waals surface area contributed by atoms with Gasteiger partial charge in [-0.1, -0.05) is 0 Å². The number of halogens is 8. The molecule has 0 bridgehead atoms. The lowest BCUT2D eigenvalue weighted by atomic mass is 9.99. The first-order chi connectivity index (χ1) is 31.9. The highest BCUT2D eigenvalue weighted by Crippen LogP contribution is 2.44. The second-order valence-corrected chi connectivity index (χ2v) is 22.2. The van der Waals surface area contributed by atoms with Gasteiger partial charge in [-0.05, 0) is 118 Å². The van der Waals surface area contributed by atoms with Crippen molar-refractivity contribution in [3.63, 3.8) is 0 Å². The van der Waals surface area contributed by atoms with E-state index in [1.807, 2.05) is 0 Å². The Morgan fingerprint density at radius 3 is 1.28 bits per heavy atom. The van der Waals surface area contributed by atoms with Crippen LogP contribution in [-0.2, 0) is 49.8 Å². The van der Waals surface area contributed by atoms with Crippen molar-refractivity contribution < 1.29 is 91.7 Å². The van der Waals surface area contributed by atoms with Crippen molar-refractivity contribution in [3.05, 3.63) is 141 Å². The molecule has 368 valence electrons. The normalized spacial score (nSPS) is 12.3. The van der Waals surface area contributed by atoms with Crippen molar-refractivity contribution in [2.24, 2.45) is 0 Å². The zero-order valence-electron chi connectivity index (χ0n) is 36.5. The van der Waals surface area contributed by atoms with E-state index in [9.17, 15) is 55.8 Å². The van der Waals surface area contributed by atoms with Crippen LogP contribution in [0.4, 0.5) is 35.1 Å². The quantitative estimate of drug-likeness (QED) is 0.0469. The summed E-state index contributed by atoms with van der Waals surface area (Å²) in [6, 6.07) is 9.94. The molecule has 0 heterocycles. The average Bonchev–Trinajstić information content (AvgIpc) is 3.28. The Balaban J connectivity index is 1.34. The minimum absolute atomic E-state index is 0.0560. The molecule has 0 aliphatic carbocycles. The molecule has 0 aliphatic heterocycles. The van der Waals surface area contributed by atoms with Gasteiger partial charge in [-0.15, -0.1) is 0 Å². The number of sulfone groups is 2. The first kappa shape index (κ1) is 52.3. The van der Waals surface area contributed by atoms with E-state index in [-0.39, 0.29) is 44.4 Å². The maximum absolute atomic E-state index is 15.4. The standard InChI is InChI=1S/C44H34F8O13S4/c1-19-12-27(13-20(2)42(19)64-29-10-8-25(16-24(29)18-66(53,54)55)67(56,57)26-9-11-30(62-6)31(17-26)69(60,61)63-7)68(58,59)28-14-21(3)43(22(4)15-28)65-44-40(51)38(49)33(39(50)41(44)52)32-36(47)34(45)23(5)35(46)37(32)48/h8-17H,18H2,1-7H3,(H,53,54,55). The van der Waals surface area contributed by atoms with Crippen LogP contribution in [0.15, 0.2) is 85.1 Å². The van der Waals surface area contributed by atoms with Crippen molar-refractivity contribution in [1.29, 1.82) is 0 Å². The van der Waals surface area contributed by atoms with Gasteiger partial charge in [0.05, 0.1) is 44.9 Å². The predicted molar refractivity (Wildman–Crippen MR) is 228 cm³/mol. The van der Waals surface area contributed by atoms with E-state index in [0.29, 0.717) is 6.92 Å². The molecule has 13 nitrogen and oxygen atoms in total.